The van der Waals surface area contributed by atoms with Gasteiger partial charge in [-0.1, -0.05) is 13.8 Å². The quantitative estimate of drug-likeness (QED) is 0.585. The minimum absolute atomic E-state index is 0.0388. The summed E-state index contributed by atoms with van der Waals surface area (Å²) in [7, 11) is -3.58. The second-order valence-electron chi connectivity index (χ2n) is 8.28. The SMILES string of the molecule is C[C@@H](O)c1ncc(S(=N)(=O)NC(=O)Nc2c3c(nc4c2CCC4(C)C)CCC3)s1. The van der Waals surface area contributed by atoms with Crippen molar-refractivity contribution in [2.75, 3.05) is 5.32 Å². The zero-order chi connectivity index (χ0) is 21.0. The number of nitrogens with one attached hydrogen (secondary N) is 3. The zero-order valence-corrected chi connectivity index (χ0v) is 18.3. The van der Waals surface area contributed by atoms with Gasteiger partial charge in [0.2, 0.25) is 0 Å². The lowest BCUT2D eigenvalue weighted by atomic mass is 9.90. The minimum Gasteiger partial charge on any atom is -0.386 e. The Hall–Kier alpha value is -2.04. The van der Waals surface area contributed by atoms with Crippen LogP contribution < -0.4 is 10.0 Å². The largest absolute Gasteiger partial charge is 0.386 e. The van der Waals surface area contributed by atoms with Gasteiger partial charge in [-0.2, -0.15) is 0 Å². The fourth-order valence-corrected chi connectivity index (χ4v) is 6.10. The van der Waals surface area contributed by atoms with Crippen molar-refractivity contribution in [2.24, 2.45) is 0 Å². The van der Waals surface area contributed by atoms with Crippen LogP contribution in [0.3, 0.4) is 0 Å². The lowest BCUT2D eigenvalue weighted by Gasteiger charge is -2.21. The highest BCUT2D eigenvalue weighted by Crippen LogP contribution is 2.44. The standard InChI is InChI=1S/C19H25N5O3S2/c1-10(25)17-21-9-14(28-17)29(20,27)24-18(26)23-15-11-5-4-6-13(11)22-16-12(15)7-8-19(16,2)3/h9-10,25H,4-8H2,1-3H3,(H3,20,22,23,24,26,27)/t10-,29?/m1/s1. The van der Waals surface area contributed by atoms with E-state index in [1.54, 1.807) is 6.92 Å². The van der Waals surface area contributed by atoms with Crippen LogP contribution in [0.1, 0.15) is 67.2 Å². The molecule has 2 aliphatic rings. The first-order valence-corrected chi connectivity index (χ1v) is 12.0. The number of hydrogen-bond acceptors (Lipinski definition) is 7. The molecule has 156 valence electrons. The molecular weight excluding hydrogens is 410 g/mol. The van der Waals surface area contributed by atoms with E-state index in [9.17, 15) is 14.1 Å². The molecule has 29 heavy (non-hydrogen) atoms. The molecule has 10 heteroatoms. The maximum atomic E-state index is 12.8. The average Bonchev–Trinajstić information content (AvgIpc) is 3.34. The monoisotopic (exact) mass is 435 g/mol. The number of aliphatic hydroxyl groups excluding tert-OH is 1. The molecule has 2 aromatic heterocycles. The first-order chi connectivity index (χ1) is 13.6. The van der Waals surface area contributed by atoms with E-state index in [1.807, 2.05) is 0 Å². The lowest BCUT2D eigenvalue weighted by Crippen LogP contribution is -2.34. The Balaban J connectivity index is 1.61. The molecule has 2 amide bonds. The minimum atomic E-state index is -3.58. The van der Waals surface area contributed by atoms with Crippen LogP contribution in [0.5, 0.6) is 0 Å². The van der Waals surface area contributed by atoms with Crippen LogP contribution in [0.25, 0.3) is 0 Å². The van der Waals surface area contributed by atoms with E-state index in [1.165, 1.54) is 6.20 Å². The number of urea groups is 1. The Morgan fingerprint density at radius 3 is 2.79 bits per heavy atom. The van der Waals surface area contributed by atoms with Gasteiger partial charge in [0.25, 0.3) is 0 Å². The molecule has 0 saturated carbocycles. The van der Waals surface area contributed by atoms with Gasteiger partial charge in [-0.05, 0) is 50.2 Å². The molecule has 0 aromatic carbocycles. The van der Waals surface area contributed by atoms with Crippen molar-refractivity contribution in [1.29, 1.82) is 4.78 Å². The van der Waals surface area contributed by atoms with Crippen molar-refractivity contribution in [3.63, 3.8) is 0 Å². The number of nitrogens with zero attached hydrogens (tertiary/aromatic N) is 2. The topological polar surface area (TPSA) is 128 Å². The number of hydrogen-bond donors (Lipinski definition) is 4. The van der Waals surface area contributed by atoms with Gasteiger partial charge >= 0.3 is 6.03 Å². The number of carbonyl (C=O) groups is 1. The molecule has 0 radical (unpaired) electrons. The molecule has 1 unspecified atom stereocenters. The number of thiazole rings is 1. The number of fused-ring (bicyclic) bond motifs is 2. The number of amides is 2. The molecule has 0 aliphatic heterocycles. The highest BCUT2D eigenvalue weighted by Gasteiger charge is 2.36. The Bertz CT molecular complexity index is 1090. The molecule has 0 fully saturated rings. The highest BCUT2D eigenvalue weighted by atomic mass is 32.2. The van der Waals surface area contributed by atoms with Crippen LogP contribution in [0.2, 0.25) is 0 Å². The zero-order valence-electron chi connectivity index (χ0n) is 16.7. The third kappa shape index (κ3) is 3.64. The molecule has 0 bridgehead atoms. The third-order valence-electron chi connectivity index (χ3n) is 5.58. The number of pyridine rings is 1. The molecule has 4 rings (SSSR count). The predicted octanol–water partition coefficient (Wildman–Crippen LogP) is 3.45. The summed E-state index contributed by atoms with van der Waals surface area (Å²) >= 11 is 0.960. The summed E-state index contributed by atoms with van der Waals surface area (Å²) in [5.74, 6) is 0. The normalized spacial score (nSPS) is 19.9. The van der Waals surface area contributed by atoms with Crippen molar-refractivity contribution in [1.82, 2.24) is 14.7 Å². The molecule has 2 aliphatic carbocycles. The van der Waals surface area contributed by atoms with Gasteiger partial charge in [-0.25, -0.2) is 23.5 Å². The van der Waals surface area contributed by atoms with Crippen LogP contribution in [0.15, 0.2) is 10.4 Å². The third-order valence-corrected chi connectivity index (χ3v) is 8.65. The predicted molar refractivity (Wildman–Crippen MR) is 112 cm³/mol. The average molecular weight is 436 g/mol. The van der Waals surface area contributed by atoms with Gasteiger partial charge in [-0.3, -0.25) is 4.98 Å². The summed E-state index contributed by atoms with van der Waals surface area (Å²) < 4.78 is 23.3. The molecular formula is C19H25N5O3S2. The molecule has 0 spiro atoms. The molecule has 8 nitrogen and oxygen atoms in total. The molecule has 4 N–H and O–H groups in total. The smallest absolute Gasteiger partial charge is 0.331 e. The van der Waals surface area contributed by atoms with Crippen LogP contribution in [-0.2, 0) is 34.6 Å². The summed E-state index contributed by atoms with van der Waals surface area (Å²) in [6.07, 6.45) is 5.01. The number of aryl methyl sites for hydroxylation is 1. The first-order valence-electron chi connectivity index (χ1n) is 9.65. The Labute approximate surface area is 174 Å². The summed E-state index contributed by atoms with van der Waals surface area (Å²) in [5.41, 5.74) is 4.91. The van der Waals surface area contributed by atoms with Crippen molar-refractivity contribution < 1.29 is 14.1 Å². The van der Waals surface area contributed by atoms with E-state index in [4.69, 9.17) is 9.76 Å². The molecule has 2 atom stereocenters. The maximum Gasteiger partial charge on any atom is 0.331 e. The second-order valence-corrected chi connectivity index (χ2v) is 11.4. The van der Waals surface area contributed by atoms with E-state index in [0.717, 1.165) is 71.6 Å². The van der Waals surface area contributed by atoms with Crippen LogP contribution >= 0.6 is 11.3 Å². The van der Waals surface area contributed by atoms with Crippen LogP contribution in [-0.4, -0.2) is 25.3 Å². The van der Waals surface area contributed by atoms with E-state index < -0.39 is 22.1 Å². The van der Waals surface area contributed by atoms with Gasteiger partial charge in [0.05, 0.1) is 17.6 Å². The number of aromatic nitrogens is 2. The van der Waals surface area contributed by atoms with E-state index in [2.05, 4.69) is 28.9 Å². The molecule has 2 aromatic rings. The first kappa shape index (κ1) is 20.2. The van der Waals surface area contributed by atoms with Gasteiger partial charge in [0.15, 0.2) is 9.92 Å². The molecule has 2 heterocycles. The number of anilines is 1. The number of carbonyl (C=O) groups excluding carboxylic acids is 1. The van der Waals surface area contributed by atoms with E-state index in [0.29, 0.717) is 5.01 Å². The fourth-order valence-electron chi connectivity index (χ4n) is 4.05. The second kappa shape index (κ2) is 7.03. The van der Waals surface area contributed by atoms with Crippen molar-refractivity contribution in [3.05, 3.63) is 33.7 Å². The Morgan fingerprint density at radius 1 is 1.34 bits per heavy atom. The van der Waals surface area contributed by atoms with Crippen LogP contribution in [0, 0.1) is 4.78 Å². The lowest BCUT2D eigenvalue weighted by molar-refractivity contribution is 0.199. The van der Waals surface area contributed by atoms with Crippen molar-refractivity contribution in [3.8, 4) is 0 Å². The Kier molecular flexibility index (Phi) is 4.91. The van der Waals surface area contributed by atoms with Gasteiger partial charge in [0.1, 0.15) is 15.3 Å². The Morgan fingerprint density at radius 2 is 2.10 bits per heavy atom. The van der Waals surface area contributed by atoms with E-state index in [-0.39, 0.29) is 9.62 Å². The molecule has 0 saturated heterocycles. The van der Waals surface area contributed by atoms with Crippen molar-refractivity contribution >= 4 is 33.0 Å². The summed E-state index contributed by atoms with van der Waals surface area (Å²) in [6, 6.07) is -0.677. The van der Waals surface area contributed by atoms with Gasteiger partial charge < -0.3 is 10.4 Å². The van der Waals surface area contributed by atoms with Crippen molar-refractivity contribution in [2.45, 2.75) is 68.6 Å². The number of rotatable bonds is 4. The highest BCUT2D eigenvalue weighted by molar-refractivity contribution is 7.93. The maximum absolute atomic E-state index is 12.8. The fraction of sp³-hybridized carbons (Fsp3) is 0.526. The summed E-state index contributed by atoms with van der Waals surface area (Å²) in [6.45, 7) is 5.87. The van der Waals surface area contributed by atoms with Gasteiger partial charge in [0, 0.05) is 11.1 Å². The van der Waals surface area contributed by atoms with E-state index >= 15 is 0 Å². The summed E-state index contributed by atoms with van der Waals surface area (Å²) in [5, 5.41) is 12.8. The summed E-state index contributed by atoms with van der Waals surface area (Å²) in [4.78, 5) is 21.6. The number of aliphatic hydroxyl groups is 1. The van der Waals surface area contributed by atoms with Gasteiger partial charge in [-0.15, -0.1) is 11.3 Å². The van der Waals surface area contributed by atoms with Crippen LogP contribution in [0.4, 0.5) is 10.5 Å².